The molecule has 2 saturated heterocycles. The van der Waals surface area contributed by atoms with Crippen molar-refractivity contribution >= 4 is 29.2 Å². The fraction of sp³-hybridized carbons (Fsp3) is 0.625. The van der Waals surface area contributed by atoms with Gasteiger partial charge in [-0.3, -0.25) is 9.59 Å². The topological polar surface area (TPSA) is 85.8 Å². The van der Waals surface area contributed by atoms with Crippen LogP contribution in [-0.2, 0) is 4.79 Å². The summed E-state index contributed by atoms with van der Waals surface area (Å²) in [5.41, 5.74) is -0.0118. The molecular weight excluding hydrogens is 342 g/mol. The van der Waals surface area contributed by atoms with E-state index in [0.717, 1.165) is 5.01 Å². The zero-order valence-corrected chi connectivity index (χ0v) is 15.6. The van der Waals surface area contributed by atoms with Crippen LogP contribution in [0.25, 0.3) is 0 Å². The molecule has 0 saturated carbocycles. The molecule has 0 aromatic carbocycles. The Kier molecular flexibility index (Phi) is 4.68. The molecule has 136 valence electrons. The number of nitrogens with zero attached hydrogens (tertiary/aromatic N) is 4. The molecule has 1 unspecified atom stereocenters. The van der Waals surface area contributed by atoms with E-state index in [1.807, 2.05) is 6.92 Å². The smallest absolute Gasteiger partial charge is 0.319 e. The zero-order chi connectivity index (χ0) is 18.2. The van der Waals surface area contributed by atoms with Gasteiger partial charge in [-0.05, 0) is 6.92 Å². The van der Waals surface area contributed by atoms with Crippen LogP contribution in [0.2, 0.25) is 0 Å². The van der Waals surface area contributed by atoms with Gasteiger partial charge in [-0.2, -0.15) is 0 Å². The number of aryl methyl sites for hydroxylation is 1. The fourth-order valence-electron chi connectivity index (χ4n) is 3.48. The molecule has 0 bridgehead atoms. The summed E-state index contributed by atoms with van der Waals surface area (Å²) in [6.45, 7) is 4.12. The van der Waals surface area contributed by atoms with Gasteiger partial charge in [0, 0.05) is 64.0 Å². The number of carbonyl (C=O) groups excluding carboxylic acids is 3. The first kappa shape index (κ1) is 17.7. The quantitative estimate of drug-likeness (QED) is 0.780. The maximum Gasteiger partial charge on any atom is 0.319 e. The number of hydrogen-bond donors (Lipinski definition) is 1. The molecule has 1 N–H and O–H groups in total. The molecule has 25 heavy (non-hydrogen) atoms. The van der Waals surface area contributed by atoms with Crippen LogP contribution in [0.4, 0.5) is 4.79 Å². The summed E-state index contributed by atoms with van der Waals surface area (Å²) in [6, 6.07) is -0.0995. The second kappa shape index (κ2) is 6.62. The highest BCUT2D eigenvalue weighted by atomic mass is 32.1. The van der Waals surface area contributed by atoms with E-state index in [1.165, 1.54) is 16.2 Å². The average Bonchev–Trinajstić information content (AvgIpc) is 3.09. The lowest BCUT2D eigenvalue weighted by atomic mass is 9.86. The number of urea groups is 1. The van der Waals surface area contributed by atoms with Gasteiger partial charge in [0.05, 0.1) is 5.01 Å². The van der Waals surface area contributed by atoms with Crippen LogP contribution >= 0.6 is 11.3 Å². The van der Waals surface area contributed by atoms with E-state index < -0.39 is 5.41 Å². The lowest BCUT2D eigenvalue weighted by molar-refractivity contribution is -0.119. The summed E-state index contributed by atoms with van der Waals surface area (Å²) in [6.07, 6.45) is 0.323. The number of aromatic nitrogens is 1. The molecule has 2 fully saturated rings. The first-order valence-electron chi connectivity index (χ1n) is 8.24. The number of amides is 4. The molecule has 3 heterocycles. The maximum atomic E-state index is 12.8. The Hall–Kier alpha value is -2.16. The van der Waals surface area contributed by atoms with E-state index in [0.29, 0.717) is 44.8 Å². The maximum absolute atomic E-state index is 12.8. The second-order valence-corrected chi connectivity index (χ2v) is 8.09. The Morgan fingerprint density at radius 2 is 1.96 bits per heavy atom. The highest BCUT2D eigenvalue weighted by molar-refractivity contribution is 7.09. The molecule has 2 aliphatic heterocycles. The van der Waals surface area contributed by atoms with Gasteiger partial charge in [-0.25, -0.2) is 9.78 Å². The molecule has 4 amide bonds. The van der Waals surface area contributed by atoms with Crippen LogP contribution in [0, 0.1) is 12.3 Å². The summed E-state index contributed by atoms with van der Waals surface area (Å²) >= 11 is 1.44. The third kappa shape index (κ3) is 3.60. The molecule has 8 nitrogen and oxygen atoms in total. The molecule has 9 heteroatoms. The normalized spacial score (nSPS) is 23.6. The minimum absolute atomic E-state index is 0.0314. The standard InChI is InChI=1S/C16H23N5O3S/c1-11-18-12(7-25-11)14(23)20-4-5-21(15(24)19(2)3)10-16(9-20)6-13(22)17-8-16/h7H,4-6,8-10H2,1-3H3,(H,17,22). The van der Waals surface area contributed by atoms with E-state index in [9.17, 15) is 14.4 Å². The number of carbonyl (C=O) groups is 3. The van der Waals surface area contributed by atoms with Crippen LogP contribution in [0.5, 0.6) is 0 Å². The molecule has 2 aliphatic rings. The van der Waals surface area contributed by atoms with Crippen molar-refractivity contribution in [2.45, 2.75) is 13.3 Å². The zero-order valence-electron chi connectivity index (χ0n) is 14.7. The van der Waals surface area contributed by atoms with E-state index >= 15 is 0 Å². The lowest BCUT2D eigenvalue weighted by Crippen LogP contribution is -2.47. The Balaban J connectivity index is 1.85. The van der Waals surface area contributed by atoms with E-state index in [2.05, 4.69) is 10.3 Å². The van der Waals surface area contributed by atoms with Crippen LogP contribution in [0.3, 0.4) is 0 Å². The summed E-state index contributed by atoms with van der Waals surface area (Å²) in [5.74, 6) is -0.168. The van der Waals surface area contributed by atoms with E-state index in [1.54, 1.807) is 29.3 Å². The van der Waals surface area contributed by atoms with Gasteiger partial charge in [-0.1, -0.05) is 0 Å². The third-order valence-electron chi connectivity index (χ3n) is 4.67. The van der Waals surface area contributed by atoms with Crippen molar-refractivity contribution < 1.29 is 14.4 Å². The highest BCUT2D eigenvalue weighted by Crippen LogP contribution is 2.31. The highest BCUT2D eigenvalue weighted by Gasteiger charge is 2.45. The predicted molar refractivity (Wildman–Crippen MR) is 93.5 cm³/mol. The van der Waals surface area contributed by atoms with Crippen molar-refractivity contribution in [2.24, 2.45) is 5.41 Å². The minimum Gasteiger partial charge on any atom is -0.355 e. The van der Waals surface area contributed by atoms with Crippen molar-refractivity contribution in [1.29, 1.82) is 0 Å². The van der Waals surface area contributed by atoms with Gasteiger partial charge in [0.25, 0.3) is 5.91 Å². The number of thiazole rings is 1. The van der Waals surface area contributed by atoms with Crippen LogP contribution in [0.1, 0.15) is 21.9 Å². The molecule has 1 aromatic rings. The van der Waals surface area contributed by atoms with Gasteiger partial charge in [0.1, 0.15) is 5.69 Å². The minimum atomic E-state index is -0.444. The van der Waals surface area contributed by atoms with Crippen LogP contribution < -0.4 is 5.32 Å². The van der Waals surface area contributed by atoms with Crippen molar-refractivity contribution in [2.75, 3.05) is 46.8 Å². The summed E-state index contributed by atoms with van der Waals surface area (Å²) in [4.78, 5) is 46.4. The molecule has 0 radical (unpaired) electrons. The predicted octanol–water partition coefficient (Wildman–Crippen LogP) is 0.397. The first-order valence-corrected chi connectivity index (χ1v) is 9.12. The van der Waals surface area contributed by atoms with Crippen molar-refractivity contribution in [1.82, 2.24) is 25.0 Å². The van der Waals surface area contributed by atoms with E-state index in [-0.39, 0.29) is 17.8 Å². The first-order chi connectivity index (χ1) is 11.8. The molecule has 1 aromatic heterocycles. The SMILES string of the molecule is Cc1nc(C(=O)N2CCN(C(=O)N(C)C)CC3(CNC(=O)C3)C2)cs1. The molecular formula is C16H23N5O3S. The van der Waals surface area contributed by atoms with Gasteiger partial charge in [0.2, 0.25) is 5.91 Å². The van der Waals surface area contributed by atoms with Crippen molar-refractivity contribution in [3.63, 3.8) is 0 Å². The Labute approximate surface area is 150 Å². The number of rotatable bonds is 1. The number of nitrogens with one attached hydrogen (secondary N) is 1. The molecule has 1 atom stereocenters. The Morgan fingerprint density at radius 1 is 1.28 bits per heavy atom. The molecule has 3 rings (SSSR count). The third-order valence-corrected chi connectivity index (χ3v) is 5.44. The average molecular weight is 365 g/mol. The van der Waals surface area contributed by atoms with Gasteiger partial charge in [-0.15, -0.1) is 11.3 Å². The summed E-state index contributed by atoms with van der Waals surface area (Å²) < 4.78 is 0. The van der Waals surface area contributed by atoms with Crippen molar-refractivity contribution in [3.05, 3.63) is 16.1 Å². The Morgan fingerprint density at radius 3 is 2.52 bits per heavy atom. The lowest BCUT2D eigenvalue weighted by Gasteiger charge is -2.33. The fourth-order valence-corrected chi connectivity index (χ4v) is 4.06. The summed E-state index contributed by atoms with van der Waals surface area (Å²) in [7, 11) is 3.41. The van der Waals surface area contributed by atoms with Gasteiger partial charge < -0.3 is 20.0 Å². The Bertz CT molecular complexity index is 704. The molecule has 0 aliphatic carbocycles. The second-order valence-electron chi connectivity index (χ2n) is 7.03. The number of hydrogen-bond acceptors (Lipinski definition) is 5. The monoisotopic (exact) mass is 365 g/mol. The van der Waals surface area contributed by atoms with Crippen LogP contribution in [0.15, 0.2) is 5.38 Å². The van der Waals surface area contributed by atoms with Crippen molar-refractivity contribution in [3.8, 4) is 0 Å². The molecule has 1 spiro atoms. The van der Waals surface area contributed by atoms with Crippen LogP contribution in [-0.4, -0.2) is 84.3 Å². The largest absolute Gasteiger partial charge is 0.355 e. The van der Waals surface area contributed by atoms with E-state index in [4.69, 9.17) is 0 Å². The summed E-state index contributed by atoms with van der Waals surface area (Å²) in [5, 5.41) is 5.46. The van der Waals surface area contributed by atoms with Gasteiger partial charge in [0.15, 0.2) is 0 Å². The van der Waals surface area contributed by atoms with Gasteiger partial charge >= 0.3 is 6.03 Å².